The fourth-order valence-corrected chi connectivity index (χ4v) is 5.22. The normalized spacial score (nSPS) is 18.9. The highest BCUT2D eigenvalue weighted by Gasteiger charge is 2.45. The van der Waals surface area contributed by atoms with Crippen LogP contribution in [0.4, 0.5) is 0 Å². The quantitative estimate of drug-likeness (QED) is 0.178. The number of benzene rings is 1. The second kappa shape index (κ2) is 17.8. The first-order valence-corrected chi connectivity index (χ1v) is 16.0. The fraction of sp³-hybridized carbons (Fsp3) is 0.629. The summed E-state index contributed by atoms with van der Waals surface area (Å²) >= 11 is 0. The summed E-state index contributed by atoms with van der Waals surface area (Å²) < 4.78 is 22.1. The highest BCUT2D eigenvalue weighted by atomic mass is 16.6. The van der Waals surface area contributed by atoms with E-state index in [4.69, 9.17) is 18.9 Å². The SMILES string of the molecule is CCC(C)C=C[C@@H](OC(C)=O)[C@H](OC(C)=O)[C@@H](OC(C)=O)[C@@H](OC)C(=O)N[C@H]1CCCCN(Cc2ccc(C(C)(C)C)cc2)C1=O. The highest BCUT2D eigenvalue weighted by molar-refractivity contribution is 5.90. The zero-order chi connectivity index (χ0) is 34.6. The van der Waals surface area contributed by atoms with Gasteiger partial charge in [0.25, 0.3) is 5.91 Å². The number of carbonyl (C=O) groups excluding carboxylic acids is 5. The summed E-state index contributed by atoms with van der Waals surface area (Å²) in [6, 6.07) is 7.30. The average Bonchev–Trinajstić information content (AvgIpc) is 3.13. The highest BCUT2D eigenvalue weighted by Crippen LogP contribution is 2.24. The minimum Gasteiger partial charge on any atom is -0.455 e. The molecular formula is C35H52N2O9. The monoisotopic (exact) mass is 644 g/mol. The molecule has 1 aliphatic heterocycles. The van der Waals surface area contributed by atoms with Crippen LogP contribution in [0.15, 0.2) is 36.4 Å². The topological polar surface area (TPSA) is 138 Å². The number of carbonyl (C=O) groups is 5. The van der Waals surface area contributed by atoms with Crippen molar-refractivity contribution >= 4 is 29.7 Å². The molecule has 2 rings (SSSR count). The van der Waals surface area contributed by atoms with Gasteiger partial charge in [0, 0.05) is 41.0 Å². The molecule has 0 bridgehead atoms. The standard InChI is InChI=1S/C35H52N2O9/c1-10-22(2)14-19-29(44-23(3)38)30(45-24(4)39)31(46-25(5)40)32(43-9)33(41)36-28-13-11-12-20-37(34(28)42)21-26-15-17-27(18-16-26)35(6,7)8/h14-19,22,28-32H,10-13,20-21H2,1-9H3,(H,36,41)/t22?,28-,29+,30-,31+,32+/m0/s1. The van der Waals surface area contributed by atoms with Crippen LogP contribution in [0.1, 0.15) is 92.2 Å². The summed E-state index contributed by atoms with van der Waals surface area (Å²) in [6.07, 6.45) is 0.316. The van der Waals surface area contributed by atoms with Crippen molar-refractivity contribution in [1.29, 1.82) is 0 Å². The van der Waals surface area contributed by atoms with Crippen molar-refractivity contribution < 1.29 is 42.9 Å². The summed E-state index contributed by atoms with van der Waals surface area (Å²) in [5.41, 5.74) is 2.17. The van der Waals surface area contributed by atoms with E-state index in [-0.39, 0.29) is 17.2 Å². The summed E-state index contributed by atoms with van der Waals surface area (Å²) in [7, 11) is 1.24. The van der Waals surface area contributed by atoms with Crippen molar-refractivity contribution in [2.24, 2.45) is 5.92 Å². The molecule has 0 aromatic heterocycles. The second-order valence-corrected chi connectivity index (χ2v) is 12.9. The second-order valence-electron chi connectivity index (χ2n) is 12.9. The zero-order valence-corrected chi connectivity index (χ0v) is 28.8. The molecule has 6 atom stereocenters. The Morgan fingerprint density at radius 1 is 0.935 bits per heavy atom. The van der Waals surface area contributed by atoms with Crippen LogP contribution in [0.5, 0.6) is 0 Å². The van der Waals surface area contributed by atoms with Gasteiger partial charge in [-0.15, -0.1) is 0 Å². The molecule has 0 spiro atoms. The predicted octanol–water partition coefficient (Wildman–Crippen LogP) is 4.39. The van der Waals surface area contributed by atoms with Gasteiger partial charge in [-0.1, -0.05) is 71.4 Å². The van der Waals surface area contributed by atoms with Crippen LogP contribution in [0.3, 0.4) is 0 Å². The third kappa shape index (κ3) is 11.9. The maximum absolute atomic E-state index is 13.8. The lowest BCUT2D eigenvalue weighted by molar-refractivity contribution is -0.192. The van der Waals surface area contributed by atoms with Crippen LogP contribution in [-0.4, -0.2) is 78.7 Å². The largest absolute Gasteiger partial charge is 0.455 e. The Hall–Kier alpha value is -3.73. The third-order valence-corrected chi connectivity index (χ3v) is 7.93. The molecule has 11 nitrogen and oxygen atoms in total. The first-order valence-electron chi connectivity index (χ1n) is 16.0. The van der Waals surface area contributed by atoms with Gasteiger partial charge < -0.3 is 29.2 Å². The number of hydrogen-bond acceptors (Lipinski definition) is 9. The number of methoxy groups -OCH3 is 1. The minimum absolute atomic E-state index is 0.00504. The van der Waals surface area contributed by atoms with Crippen molar-refractivity contribution in [3.8, 4) is 0 Å². The molecule has 2 amide bonds. The number of allylic oxidation sites excluding steroid dienone is 1. The van der Waals surface area contributed by atoms with E-state index in [0.29, 0.717) is 25.9 Å². The minimum atomic E-state index is -1.52. The van der Waals surface area contributed by atoms with E-state index < -0.39 is 54.3 Å². The number of esters is 3. The van der Waals surface area contributed by atoms with Crippen molar-refractivity contribution in [3.63, 3.8) is 0 Å². The molecule has 0 aliphatic carbocycles. The van der Waals surface area contributed by atoms with Gasteiger partial charge >= 0.3 is 17.9 Å². The Labute approximate surface area is 273 Å². The molecule has 1 heterocycles. The van der Waals surface area contributed by atoms with Crippen LogP contribution in [-0.2, 0) is 54.9 Å². The maximum Gasteiger partial charge on any atom is 0.303 e. The molecular weight excluding hydrogens is 592 g/mol. The van der Waals surface area contributed by atoms with E-state index in [1.807, 2.05) is 26.0 Å². The zero-order valence-electron chi connectivity index (χ0n) is 28.8. The molecule has 1 unspecified atom stereocenters. The lowest BCUT2D eigenvalue weighted by atomic mass is 9.87. The Balaban J connectivity index is 2.37. The van der Waals surface area contributed by atoms with Gasteiger partial charge in [0.1, 0.15) is 6.04 Å². The van der Waals surface area contributed by atoms with E-state index >= 15 is 0 Å². The number of hydrogen-bond donors (Lipinski definition) is 1. The summed E-state index contributed by atoms with van der Waals surface area (Å²) in [5.74, 6) is -3.10. The van der Waals surface area contributed by atoms with E-state index in [1.165, 1.54) is 19.6 Å². The Morgan fingerprint density at radius 2 is 1.52 bits per heavy atom. The molecule has 11 heteroatoms. The molecule has 1 fully saturated rings. The summed E-state index contributed by atoms with van der Waals surface area (Å²) in [4.78, 5) is 65.8. The first kappa shape index (κ1) is 38.5. The van der Waals surface area contributed by atoms with Crippen molar-refractivity contribution in [1.82, 2.24) is 10.2 Å². The molecule has 1 aromatic rings. The Bertz CT molecular complexity index is 1220. The molecule has 1 aliphatic rings. The van der Waals surface area contributed by atoms with Crippen molar-refractivity contribution in [2.45, 2.75) is 123 Å². The van der Waals surface area contributed by atoms with Crippen LogP contribution >= 0.6 is 0 Å². The maximum atomic E-state index is 13.8. The molecule has 1 N–H and O–H groups in total. The van der Waals surface area contributed by atoms with Gasteiger partial charge in [0.2, 0.25) is 5.91 Å². The number of nitrogens with one attached hydrogen (secondary N) is 1. The van der Waals surface area contributed by atoms with E-state index in [1.54, 1.807) is 17.1 Å². The van der Waals surface area contributed by atoms with Gasteiger partial charge in [-0.3, -0.25) is 24.0 Å². The molecule has 1 aromatic carbocycles. The smallest absolute Gasteiger partial charge is 0.303 e. The van der Waals surface area contributed by atoms with Gasteiger partial charge in [0.05, 0.1) is 0 Å². The first-order chi connectivity index (χ1) is 21.6. The number of amides is 2. The molecule has 46 heavy (non-hydrogen) atoms. The number of ether oxygens (including phenoxy) is 4. The molecule has 256 valence electrons. The lowest BCUT2D eigenvalue weighted by Gasteiger charge is -2.34. The molecule has 0 saturated carbocycles. The lowest BCUT2D eigenvalue weighted by Crippen LogP contribution is -2.58. The van der Waals surface area contributed by atoms with Crippen LogP contribution in [0.25, 0.3) is 0 Å². The van der Waals surface area contributed by atoms with Crippen molar-refractivity contribution in [3.05, 3.63) is 47.5 Å². The van der Waals surface area contributed by atoms with Crippen molar-refractivity contribution in [2.75, 3.05) is 13.7 Å². The van der Waals surface area contributed by atoms with Gasteiger partial charge in [-0.2, -0.15) is 0 Å². The van der Waals surface area contributed by atoms with Crippen LogP contribution in [0.2, 0.25) is 0 Å². The van der Waals surface area contributed by atoms with Gasteiger partial charge in [-0.25, -0.2) is 0 Å². The van der Waals surface area contributed by atoms with E-state index in [0.717, 1.165) is 32.3 Å². The Kier molecular flexibility index (Phi) is 14.9. The van der Waals surface area contributed by atoms with Crippen LogP contribution < -0.4 is 5.32 Å². The fourth-order valence-electron chi connectivity index (χ4n) is 5.22. The molecule has 1 saturated heterocycles. The van der Waals surface area contributed by atoms with Crippen LogP contribution in [0, 0.1) is 5.92 Å². The average molecular weight is 645 g/mol. The summed E-state index contributed by atoms with van der Waals surface area (Å²) in [5, 5.41) is 2.79. The van der Waals surface area contributed by atoms with E-state index in [2.05, 4.69) is 38.2 Å². The number of rotatable bonds is 14. The predicted molar refractivity (Wildman–Crippen MR) is 172 cm³/mol. The number of nitrogens with zero attached hydrogens (tertiary/aromatic N) is 1. The molecule has 0 radical (unpaired) electrons. The third-order valence-electron chi connectivity index (χ3n) is 7.93. The van der Waals surface area contributed by atoms with Gasteiger partial charge in [-0.05, 0) is 47.8 Å². The Morgan fingerprint density at radius 3 is 2.04 bits per heavy atom. The summed E-state index contributed by atoms with van der Waals surface area (Å²) in [6.45, 7) is 14.8. The van der Waals surface area contributed by atoms with Gasteiger partial charge in [0.15, 0.2) is 24.4 Å². The number of likely N-dealkylation sites (tertiary alicyclic amines) is 1. The van der Waals surface area contributed by atoms with E-state index in [9.17, 15) is 24.0 Å².